The Morgan fingerprint density at radius 1 is 1.30 bits per heavy atom. The van der Waals surface area contributed by atoms with Crippen molar-refractivity contribution in [2.24, 2.45) is 5.92 Å². The molecule has 1 unspecified atom stereocenters. The van der Waals surface area contributed by atoms with Crippen molar-refractivity contribution in [3.8, 4) is 0 Å². The van der Waals surface area contributed by atoms with Crippen LogP contribution in [0.5, 0.6) is 0 Å². The number of hydrogen-bond donors (Lipinski definition) is 1. The van der Waals surface area contributed by atoms with Gasteiger partial charge < -0.3 is 9.30 Å². The Kier molecular flexibility index (Phi) is 7.85. The Hall–Kier alpha value is -1.97. The first kappa shape index (κ1) is 22.7. The zero-order chi connectivity index (χ0) is 21.6. The van der Waals surface area contributed by atoms with Gasteiger partial charge in [0.05, 0.1) is 22.7 Å². The number of imidazole rings is 1. The number of aromatic nitrogens is 2. The van der Waals surface area contributed by atoms with Gasteiger partial charge in [0.1, 0.15) is 0 Å². The van der Waals surface area contributed by atoms with Gasteiger partial charge in [0, 0.05) is 32.8 Å². The van der Waals surface area contributed by atoms with E-state index in [1.54, 1.807) is 0 Å². The molecule has 1 fully saturated rings. The topological polar surface area (TPSA) is 93.5 Å². The molecule has 2 heterocycles. The molecular formula is C21H32N4O4S. The molecule has 1 aromatic heterocycles. The second kappa shape index (κ2) is 10.4. The van der Waals surface area contributed by atoms with E-state index in [2.05, 4.69) is 10.3 Å². The number of benzene rings is 1. The van der Waals surface area contributed by atoms with Crippen molar-refractivity contribution in [3.63, 3.8) is 0 Å². The zero-order valence-electron chi connectivity index (χ0n) is 17.8. The minimum Gasteiger partial charge on any atom is -0.382 e. The van der Waals surface area contributed by atoms with Crippen LogP contribution in [0.25, 0.3) is 11.0 Å². The molecule has 0 aliphatic carbocycles. The second-order valence-electron chi connectivity index (χ2n) is 7.63. The predicted octanol–water partition coefficient (Wildman–Crippen LogP) is 2.85. The number of piperidine rings is 1. The third kappa shape index (κ3) is 5.39. The maximum Gasteiger partial charge on any atom is 0.231 e. The number of nitrogens with zero attached hydrogens (tertiary/aromatic N) is 3. The highest BCUT2D eigenvalue weighted by Gasteiger charge is 2.32. The van der Waals surface area contributed by atoms with Crippen LogP contribution in [0.15, 0.2) is 24.3 Å². The molecule has 0 saturated carbocycles. The molecule has 30 heavy (non-hydrogen) atoms. The number of fused-ring (bicyclic) bond motifs is 1. The van der Waals surface area contributed by atoms with Crippen LogP contribution in [0.2, 0.25) is 0 Å². The lowest BCUT2D eigenvalue weighted by atomic mass is 9.99. The van der Waals surface area contributed by atoms with E-state index in [0.717, 1.165) is 17.5 Å². The van der Waals surface area contributed by atoms with Crippen molar-refractivity contribution < 1.29 is 17.9 Å². The van der Waals surface area contributed by atoms with Crippen LogP contribution >= 0.6 is 0 Å². The summed E-state index contributed by atoms with van der Waals surface area (Å²) >= 11 is 0. The fraction of sp³-hybridized carbons (Fsp3) is 0.619. The van der Waals surface area contributed by atoms with Crippen LogP contribution in [0.1, 0.15) is 39.5 Å². The summed E-state index contributed by atoms with van der Waals surface area (Å²) < 4.78 is 33.8. The molecule has 1 saturated heterocycles. The molecule has 8 nitrogen and oxygen atoms in total. The number of carbonyl (C=O) groups excluding carboxylic acids is 1. The van der Waals surface area contributed by atoms with Crippen LogP contribution in [-0.4, -0.2) is 60.2 Å². The summed E-state index contributed by atoms with van der Waals surface area (Å²) in [6.45, 7) is 6.53. The van der Waals surface area contributed by atoms with Crippen LogP contribution in [0.3, 0.4) is 0 Å². The molecule has 0 radical (unpaired) electrons. The molecule has 1 aliphatic rings. The summed E-state index contributed by atoms with van der Waals surface area (Å²) in [5.41, 5.74) is 1.78. The minimum atomic E-state index is -3.30. The summed E-state index contributed by atoms with van der Waals surface area (Å²) in [7, 11) is -3.30. The van der Waals surface area contributed by atoms with Gasteiger partial charge in [-0.1, -0.05) is 19.1 Å². The third-order valence-corrected chi connectivity index (χ3v) is 7.42. The van der Waals surface area contributed by atoms with E-state index in [-0.39, 0.29) is 24.1 Å². The van der Waals surface area contributed by atoms with Gasteiger partial charge in [0.15, 0.2) is 0 Å². The molecule has 0 bridgehead atoms. The molecule has 1 atom stereocenters. The molecule has 1 aliphatic heterocycles. The van der Waals surface area contributed by atoms with Gasteiger partial charge in [0.25, 0.3) is 0 Å². The van der Waals surface area contributed by atoms with Crippen molar-refractivity contribution in [1.29, 1.82) is 0 Å². The maximum atomic E-state index is 13.0. The number of carbonyl (C=O) groups is 1. The Labute approximate surface area is 178 Å². The molecular weight excluding hydrogens is 404 g/mol. The highest BCUT2D eigenvalue weighted by atomic mass is 32.2. The Bertz CT molecular complexity index is 957. The second-order valence-corrected chi connectivity index (χ2v) is 9.72. The zero-order valence-corrected chi connectivity index (χ0v) is 18.7. The van der Waals surface area contributed by atoms with E-state index in [1.165, 1.54) is 4.31 Å². The number of sulfonamides is 1. The quantitative estimate of drug-likeness (QED) is 0.578. The number of nitrogens with one attached hydrogen (secondary N) is 1. The smallest absolute Gasteiger partial charge is 0.231 e. The van der Waals surface area contributed by atoms with Gasteiger partial charge in [-0.3, -0.25) is 10.1 Å². The maximum absolute atomic E-state index is 13.0. The molecule has 1 N–H and O–H groups in total. The van der Waals surface area contributed by atoms with E-state index >= 15 is 0 Å². The Morgan fingerprint density at radius 2 is 2.10 bits per heavy atom. The number of rotatable bonds is 10. The minimum absolute atomic E-state index is 0.122. The lowest BCUT2D eigenvalue weighted by molar-refractivity contribution is -0.120. The van der Waals surface area contributed by atoms with Crippen LogP contribution in [-0.2, 0) is 26.1 Å². The number of anilines is 1. The van der Waals surface area contributed by atoms with Crippen LogP contribution in [0, 0.1) is 5.92 Å². The summed E-state index contributed by atoms with van der Waals surface area (Å²) in [6, 6.07) is 7.78. The van der Waals surface area contributed by atoms with Gasteiger partial charge in [-0.05, 0) is 44.7 Å². The van der Waals surface area contributed by atoms with Gasteiger partial charge in [-0.25, -0.2) is 17.7 Å². The number of amides is 1. The Balaban J connectivity index is 1.74. The van der Waals surface area contributed by atoms with Crippen molar-refractivity contribution >= 4 is 32.9 Å². The predicted molar refractivity (Wildman–Crippen MR) is 118 cm³/mol. The van der Waals surface area contributed by atoms with E-state index in [4.69, 9.17) is 4.74 Å². The summed E-state index contributed by atoms with van der Waals surface area (Å²) in [5, 5.41) is 2.97. The molecule has 9 heteroatoms. The van der Waals surface area contributed by atoms with E-state index in [9.17, 15) is 13.2 Å². The van der Waals surface area contributed by atoms with Gasteiger partial charge in [-0.15, -0.1) is 0 Å². The molecule has 166 valence electrons. The molecule has 0 spiro atoms. The van der Waals surface area contributed by atoms with Crippen molar-refractivity contribution in [3.05, 3.63) is 24.3 Å². The first-order chi connectivity index (χ1) is 14.5. The lowest BCUT2D eigenvalue weighted by Gasteiger charge is -2.31. The molecule has 3 rings (SSSR count). The van der Waals surface area contributed by atoms with Gasteiger partial charge >= 0.3 is 0 Å². The van der Waals surface area contributed by atoms with Crippen LogP contribution < -0.4 is 5.32 Å². The average molecular weight is 437 g/mol. The normalized spacial score (nSPS) is 18.0. The highest BCUT2D eigenvalue weighted by Crippen LogP contribution is 2.24. The summed E-state index contributed by atoms with van der Waals surface area (Å²) in [4.78, 5) is 17.6. The molecule has 1 amide bonds. The van der Waals surface area contributed by atoms with Gasteiger partial charge in [-0.2, -0.15) is 0 Å². The summed E-state index contributed by atoms with van der Waals surface area (Å²) in [5.74, 6) is 0.0813. The first-order valence-corrected chi connectivity index (χ1v) is 12.4. The number of aryl methyl sites for hydroxylation is 1. The third-order valence-electron chi connectivity index (χ3n) is 5.37. The van der Waals surface area contributed by atoms with E-state index in [1.807, 2.05) is 42.7 Å². The average Bonchev–Trinajstić information content (AvgIpc) is 3.08. The molecule has 2 aromatic rings. The van der Waals surface area contributed by atoms with Gasteiger partial charge in [0.2, 0.25) is 21.9 Å². The highest BCUT2D eigenvalue weighted by molar-refractivity contribution is 7.89. The van der Waals surface area contributed by atoms with Crippen LogP contribution in [0.4, 0.5) is 5.95 Å². The number of hydrogen-bond acceptors (Lipinski definition) is 5. The number of para-hydroxylation sites is 2. The molecule has 1 aromatic carbocycles. The van der Waals surface area contributed by atoms with Crippen molar-refractivity contribution in [2.45, 2.75) is 46.1 Å². The SMILES string of the molecule is CCCS(=O)(=O)N1CCCC(C(=O)Nc2nc3ccccc3n2CCCOCC)C1. The monoisotopic (exact) mass is 436 g/mol. The van der Waals surface area contributed by atoms with E-state index < -0.39 is 10.0 Å². The van der Waals surface area contributed by atoms with Crippen molar-refractivity contribution in [2.75, 3.05) is 37.4 Å². The van der Waals surface area contributed by atoms with E-state index in [0.29, 0.717) is 51.5 Å². The standard InChI is InChI=1S/C21H32N4O4S/c1-3-15-30(27,28)24-12-7-9-17(16-24)20(26)23-21-22-18-10-5-6-11-19(18)25(21)13-8-14-29-4-2/h5-6,10-11,17H,3-4,7-9,12-16H2,1-2H3,(H,22,23,26). The first-order valence-electron chi connectivity index (χ1n) is 10.8. The fourth-order valence-electron chi connectivity index (χ4n) is 3.87. The fourth-order valence-corrected chi connectivity index (χ4v) is 5.46. The Morgan fingerprint density at radius 3 is 2.87 bits per heavy atom. The lowest BCUT2D eigenvalue weighted by Crippen LogP contribution is -2.44. The van der Waals surface area contributed by atoms with Crippen molar-refractivity contribution in [1.82, 2.24) is 13.9 Å². The largest absolute Gasteiger partial charge is 0.382 e. The number of ether oxygens (including phenoxy) is 1. The summed E-state index contributed by atoms with van der Waals surface area (Å²) in [6.07, 6.45) is 2.74.